The molecule has 0 aliphatic carbocycles. The van der Waals surface area contributed by atoms with Crippen LogP contribution in [0.4, 0.5) is 16.2 Å². The smallest absolute Gasteiger partial charge is 0.319 e. The molecule has 1 aliphatic rings. The lowest BCUT2D eigenvalue weighted by molar-refractivity contribution is 0.247. The number of urea groups is 1. The number of amides is 2. The van der Waals surface area contributed by atoms with Gasteiger partial charge >= 0.3 is 6.03 Å². The number of carbonyl (C=O) groups excluding carboxylic acids is 1. The number of benzene rings is 2. The summed E-state index contributed by atoms with van der Waals surface area (Å²) in [5.74, 6) is 1.41. The summed E-state index contributed by atoms with van der Waals surface area (Å²) in [6, 6.07) is 11.5. The van der Waals surface area contributed by atoms with Crippen LogP contribution in [0, 0.1) is 19.8 Å². The summed E-state index contributed by atoms with van der Waals surface area (Å²) in [7, 11) is -3.79. The van der Waals surface area contributed by atoms with Crippen LogP contribution >= 0.6 is 0 Å². The maximum atomic E-state index is 12.8. The highest BCUT2D eigenvalue weighted by atomic mass is 32.2. The molecule has 8 nitrogen and oxygen atoms in total. The molecule has 1 aliphatic heterocycles. The Kier molecular flexibility index (Phi) is 6.18. The Bertz CT molecular complexity index is 1240. The minimum Gasteiger partial charge on any atom is -0.338 e. The molecule has 0 bridgehead atoms. The van der Waals surface area contributed by atoms with Crippen LogP contribution in [-0.2, 0) is 23.0 Å². The van der Waals surface area contributed by atoms with Crippen LogP contribution in [0.1, 0.15) is 23.4 Å². The van der Waals surface area contributed by atoms with Gasteiger partial charge in [0.1, 0.15) is 5.82 Å². The van der Waals surface area contributed by atoms with Gasteiger partial charge in [-0.3, -0.25) is 4.72 Å². The number of hydrogen-bond donors (Lipinski definition) is 3. The summed E-state index contributed by atoms with van der Waals surface area (Å²) in [6.07, 6.45) is 5.62. The van der Waals surface area contributed by atoms with E-state index in [0.29, 0.717) is 23.8 Å². The molecular formula is C23H27N5O3S. The van der Waals surface area contributed by atoms with Crippen molar-refractivity contribution in [3.63, 3.8) is 0 Å². The maximum absolute atomic E-state index is 12.8. The predicted octanol–water partition coefficient (Wildman–Crippen LogP) is 3.68. The van der Waals surface area contributed by atoms with Gasteiger partial charge in [0, 0.05) is 43.3 Å². The summed E-state index contributed by atoms with van der Waals surface area (Å²) >= 11 is 0. The van der Waals surface area contributed by atoms with Gasteiger partial charge in [-0.15, -0.1) is 0 Å². The van der Waals surface area contributed by atoms with Crippen molar-refractivity contribution in [2.24, 2.45) is 5.92 Å². The molecule has 2 amide bonds. The first-order valence-corrected chi connectivity index (χ1v) is 12.0. The highest BCUT2D eigenvalue weighted by Crippen LogP contribution is 2.23. The summed E-state index contributed by atoms with van der Waals surface area (Å²) < 4.78 is 30.4. The average Bonchev–Trinajstić information content (AvgIpc) is 3.21. The number of fused-ring (bicyclic) bond motifs is 1. The minimum atomic E-state index is -3.79. The van der Waals surface area contributed by atoms with Gasteiger partial charge in [-0.25, -0.2) is 18.2 Å². The van der Waals surface area contributed by atoms with Crippen LogP contribution in [0.3, 0.4) is 0 Å². The number of anilines is 2. The van der Waals surface area contributed by atoms with Gasteiger partial charge in [-0.1, -0.05) is 18.2 Å². The molecule has 3 aromatic rings. The molecule has 3 N–H and O–H groups in total. The van der Waals surface area contributed by atoms with Gasteiger partial charge in [-0.2, -0.15) is 0 Å². The van der Waals surface area contributed by atoms with Crippen molar-refractivity contribution < 1.29 is 13.2 Å². The molecule has 0 saturated heterocycles. The van der Waals surface area contributed by atoms with Gasteiger partial charge in [0.25, 0.3) is 10.0 Å². The summed E-state index contributed by atoms with van der Waals surface area (Å²) in [5, 5.41) is 5.69. The monoisotopic (exact) mass is 453 g/mol. The SMILES string of the molecule is Cc1cccc(NS(=O)(=O)c2ccc(C)c(NC(=O)NCC3CCc4nccn4C3)c2)c1. The highest BCUT2D eigenvalue weighted by molar-refractivity contribution is 7.92. The molecule has 168 valence electrons. The molecule has 1 aromatic heterocycles. The predicted molar refractivity (Wildman–Crippen MR) is 124 cm³/mol. The van der Waals surface area contributed by atoms with Gasteiger partial charge < -0.3 is 15.2 Å². The number of hydrogen-bond acceptors (Lipinski definition) is 4. The molecule has 0 radical (unpaired) electrons. The van der Waals surface area contributed by atoms with Crippen molar-refractivity contribution in [1.29, 1.82) is 0 Å². The minimum absolute atomic E-state index is 0.0832. The van der Waals surface area contributed by atoms with Crippen molar-refractivity contribution in [1.82, 2.24) is 14.9 Å². The normalized spacial score (nSPS) is 15.6. The molecular weight excluding hydrogens is 426 g/mol. The third-order valence-corrected chi connectivity index (χ3v) is 7.00. The van der Waals surface area contributed by atoms with Gasteiger partial charge in [0.2, 0.25) is 0 Å². The molecule has 2 aromatic carbocycles. The zero-order valence-corrected chi connectivity index (χ0v) is 18.9. The molecule has 0 spiro atoms. The lowest BCUT2D eigenvalue weighted by Crippen LogP contribution is -2.36. The molecule has 1 atom stereocenters. The second-order valence-corrected chi connectivity index (χ2v) is 9.87. The van der Waals surface area contributed by atoms with Gasteiger partial charge in [0.05, 0.1) is 4.90 Å². The first kappa shape index (κ1) is 21.9. The fourth-order valence-corrected chi connectivity index (χ4v) is 4.91. The number of imidazole rings is 1. The van der Waals surface area contributed by atoms with E-state index in [2.05, 4.69) is 24.9 Å². The molecule has 1 unspecified atom stereocenters. The average molecular weight is 454 g/mol. The Morgan fingerprint density at radius 1 is 1.19 bits per heavy atom. The number of aromatic nitrogens is 2. The molecule has 0 fully saturated rings. The van der Waals surface area contributed by atoms with E-state index in [1.807, 2.05) is 26.1 Å². The van der Waals surface area contributed by atoms with E-state index in [1.165, 1.54) is 12.1 Å². The fraction of sp³-hybridized carbons (Fsp3) is 0.304. The van der Waals surface area contributed by atoms with E-state index in [1.54, 1.807) is 30.5 Å². The zero-order valence-electron chi connectivity index (χ0n) is 18.1. The number of sulfonamides is 1. The highest BCUT2D eigenvalue weighted by Gasteiger charge is 2.20. The Balaban J connectivity index is 1.39. The standard InChI is InChI=1S/C23H27N5O3S/c1-16-4-3-5-19(12-16)27-32(30,31)20-8-6-17(2)21(13-20)26-23(29)25-14-18-7-9-22-24-10-11-28(22)15-18/h3-6,8,10-13,18,27H,7,9,14-15H2,1-2H3,(H2,25,26,29). The van der Waals surface area contributed by atoms with Crippen LogP contribution in [0.15, 0.2) is 59.8 Å². The van der Waals surface area contributed by atoms with E-state index in [-0.39, 0.29) is 10.9 Å². The summed E-state index contributed by atoms with van der Waals surface area (Å²) in [6.45, 7) is 5.08. The first-order chi connectivity index (χ1) is 15.3. The number of nitrogens with one attached hydrogen (secondary N) is 3. The maximum Gasteiger partial charge on any atom is 0.319 e. The number of carbonyl (C=O) groups is 1. The zero-order chi connectivity index (χ0) is 22.7. The van der Waals surface area contributed by atoms with Crippen LogP contribution in [0.2, 0.25) is 0 Å². The molecule has 2 heterocycles. The van der Waals surface area contributed by atoms with Crippen molar-refractivity contribution >= 4 is 27.4 Å². The van der Waals surface area contributed by atoms with Crippen LogP contribution in [0.25, 0.3) is 0 Å². The number of rotatable bonds is 6. The second kappa shape index (κ2) is 9.04. The number of aryl methyl sites for hydroxylation is 3. The van der Waals surface area contributed by atoms with Gasteiger partial charge in [-0.05, 0) is 61.6 Å². The largest absolute Gasteiger partial charge is 0.338 e. The number of nitrogens with zero attached hydrogens (tertiary/aromatic N) is 2. The van der Waals surface area contributed by atoms with Crippen molar-refractivity contribution in [2.75, 3.05) is 16.6 Å². The summed E-state index contributed by atoms with van der Waals surface area (Å²) in [4.78, 5) is 16.9. The fourth-order valence-electron chi connectivity index (χ4n) is 3.83. The Morgan fingerprint density at radius 2 is 2.03 bits per heavy atom. The van der Waals surface area contributed by atoms with E-state index in [0.717, 1.165) is 36.3 Å². The molecule has 0 saturated carbocycles. The van der Waals surface area contributed by atoms with E-state index < -0.39 is 10.0 Å². The van der Waals surface area contributed by atoms with E-state index in [9.17, 15) is 13.2 Å². The lowest BCUT2D eigenvalue weighted by Gasteiger charge is -2.24. The Hall–Kier alpha value is -3.33. The molecule has 32 heavy (non-hydrogen) atoms. The first-order valence-electron chi connectivity index (χ1n) is 10.6. The van der Waals surface area contributed by atoms with Crippen LogP contribution in [0.5, 0.6) is 0 Å². The van der Waals surface area contributed by atoms with Crippen LogP contribution in [-0.4, -0.2) is 30.5 Å². The van der Waals surface area contributed by atoms with Crippen molar-refractivity contribution in [3.8, 4) is 0 Å². The van der Waals surface area contributed by atoms with Crippen molar-refractivity contribution in [2.45, 2.75) is 38.1 Å². The summed E-state index contributed by atoms with van der Waals surface area (Å²) in [5.41, 5.74) is 2.67. The quantitative estimate of drug-likeness (QED) is 0.529. The van der Waals surface area contributed by atoms with E-state index in [4.69, 9.17) is 0 Å². The molecule has 9 heteroatoms. The second-order valence-electron chi connectivity index (χ2n) is 8.19. The third kappa shape index (κ3) is 5.11. The van der Waals surface area contributed by atoms with Crippen LogP contribution < -0.4 is 15.4 Å². The van der Waals surface area contributed by atoms with Gasteiger partial charge in [0.15, 0.2) is 0 Å². The Labute approximate surface area is 188 Å². The topological polar surface area (TPSA) is 105 Å². The van der Waals surface area contributed by atoms with E-state index >= 15 is 0 Å². The Morgan fingerprint density at radius 3 is 2.84 bits per heavy atom. The lowest BCUT2D eigenvalue weighted by atomic mass is 9.99. The third-order valence-electron chi connectivity index (χ3n) is 5.62. The van der Waals surface area contributed by atoms with Crippen molar-refractivity contribution in [3.05, 3.63) is 71.8 Å². The molecule has 4 rings (SSSR count).